The summed E-state index contributed by atoms with van der Waals surface area (Å²) in [6.07, 6.45) is 4.10. The van der Waals surface area contributed by atoms with Crippen molar-refractivity contribution in [2.75, 3.05) is 13.1 Å². The van der Waals surface area contributed by atoms with E-state index < -0.39 is 11.6 Å². The van der Waals surface area contributed by atoms with E-state index in [0.717, 1.165) is 53.5 Å². The number of benzene rings is 2. The minimum atomic E-state index is -0.557. The van der Waals surface area contributed by atoms with Gasteiger partial charge in [0.15, 0.2) is 0 Å². The van der Waals surface area contributed by atoms with Gasteiger partial charge in [-0.3, -0.25) is 19.7 Å². The summed E-state index contributed by atoms with van der Waals surface area (Å²) in [6, 6.07) is 12.2. The Kier molecular flexibility index (Phi) is 5.88. The van der Waals surface area contributed by atoms with Gasteiger partial charge in [0.25, 0.3) is 0 Å². The van der Waals surface area contributed by atoms with Crippen molar-refractivity contribution in [1.29, 1.82) is 0 Å². The molecule has 1 saturated heterocycles. The Labute approximate surface area is 209 Å². The molecule has 1 amide bonds. The second-order valence-corrected chi connectivity index (χ2v) is 10.1. The topological polar surface area (TPSA) is 48.8 Å². The van der Waals surface area contributed by atoms with Crippen LogP contribution in [0.2, 0.25) is 0 Å². The number of hydrogen-bond acceptors (Lipinski definition) is 4. The molecule has 1 atom stereocenters. The molecule has 0 unspecified atom stereocenters. The van der Waals surface area contributed by atoms with Crippen molar-refractivity contribution in [1.82, 2.24) is 14.8 Å². The van der Waals surface area contributed by atoms with Crippen LogP contribution in [0.1, 0.15) is 51.9 Å². The molecule has 6 rings (SSSR count). The maximum Gasteiger partial charge on any atom is 0.227 e. The lowest BCUT2D eigenvalue weighted by Gasteiger charge is -2.41. The van der Waals surface area contributed by atoms with E-state index in [1.807, 2.05) is 24.1 Å². The zero-order valence-corrected chi connectivity index (χ0v) is 20.3. The van der Waals surface area contributed by atoms with Crippen LogP contribution >= 0.6 is 0 Å². The molecule has 0 bridgehead atoms. The lowest BCUT2D eigenvalue weighted by molar-refractivity contribution is -0.135. The summed E-state index contributed by atoms with van der Waals surface area (Å²) in [4.78, 5) is 26.5. The molecule has 3 aliphatic rings. The molecule has 5 nitrogen and oxygen atoms in total. The molecule has 1 aromatic heterocycles. The second-order valence-electron chi connectivity index (χ2n) is 10.1. The summed E-state index contributed by atoms with van der Waals surface area (Å²) in [5.74, 6) is -0.965. The predicted molar refractivity (Wildman–Crippen MR) is 134 cm³/mol. The first kappa shape index (κ1) is 23.0. The molecule has 0 N–H and O–H groups in total. The van der Waals surface area contributed by atoms with Crippen molar-refractivity contribution in [2.24, 2.45) is 4.99 Å². The fraction of sp³-hybridized carbons (Fsp3) is 0.345. The first-order valence-electron chi connectivity index (χ1n) is 12.5. The fourth-order valence-corrected chi connectivity index (χ4v) is 5.85. The summed E-state index contributed by atoms with van der Waals surface area (Å²) in [7, 11) is 0. The molecule has 0 radical (unpaired) electrons. The minimum absolute atomic E-state index is 0.0852. The number of pyridine rings is 1. The van der Waals surface area contributed by atoms with Crippen molar-refractivity contribution < 1.29 is 13.6 Å². The molecule has 36 heavy (non-hydrogen) atoms. The number of carbonyl (C=O) groups is 1. The molecule has 3 aromatic rings. The van der Waals surface area contributed by atoms with Crippen molar-refractivity contribution >= 4 is 11.6 Å². The highest BCUT2D eigenvalue weighted by Crippen LogP contribution is 2.32. The van der Waals surface area contributed by atoms with Crippen LogP contribution in [0.3, 0.4) is 0 Å². The number of aryl methyl sites for hydroxylation is 1. The van der Waals surface area contributed by atoms with Crippen LogP contribution in [0, 0.1) is 18.6 Å². The van der Waals surface area contributed by atoms with E-state index in [2.05, 4.69) is 28.1 Å². The first-order chi connectivity index (χ1) is 17.4. The highest BCUT2D eigenvalue weighted by molar-refractivity contribution is 6.15. The normalized spacial score (nSPS) is 19.8. The van der Waals surface area contributed by atoms with Gasteiger partial charge in [-0.2, -0.15) is 0 Å². The number of rotatable bonds is 4. The van der Waals surface area contributed by atoms with Crippen molar-refractivity contribution in [3.8, 4) is 0 Å². The standard InChI is InChI=1S/C29H28F2N4O/c1-18-7-20(4-5-32-18)29-27-11-23-16-35(28(36)12-21(23)10-22(27)14-33-29)26-3-2-6-34(17-26)15-19-8-24(30)13-25(31)9-19/h4-5,7-11,13,26H,2-3,6,12,14-17H2,1H3/t26-/m1/s1. The molecule has 3 aliphatic heterocycles. The molecular weight excluding hydrogens is 458 g/mol. The van der Waals surface area contributed by atoms with E-state index in [1.165, 1.54) is 23.3 Å². The van der Waals surface area contributed by atoms with E-state index in [-0.39, 0.29) is 11.9 Å². The van der Waals surface area contributed by atoms with Gasteiger partial charge in [-0.15, -0.1) is 0 Å². The minimum Gasteiger partial charge on any atom is -0.334 e. The summed E-state index contributed by atoms with van der Waals surface area (Å²) >= 11 is 0. The van der Waals surface area contributed by atoms with Crippen LogP contribution in [-0.2, 0) is 30.8 Å². The quantitative estimate of drug-likeness (QED) is 0.543. The Morgan fingerprint density at radius 1 is 1.03 bits per heavy atom. The monoisotopic (exact) mass is 486 g/mol. The molecular formula is C29H28F2N4O. The molecule has 0 saturated carbocycles. The maximum absolute atomic E-state index is 13.7. The van der Waals surface area contributed by atoms with E-state index in [4.69, 9.17) is 4.99 Å². The van der Waals surface area contributed by atoms with Crippen molar-refractivity contribution in [2.45, 2.75) is 51.9 Å². The number of halogens is 2. The largest absolute Gasteiger partial charge is 0.334 e. The van der Waals surface area contributed by atoms with Crippen LogP contribution in [0.25, 0.3) is 0 Å². The van der Waals surface area contributed by atoms with Gasteiger partial charge in [-0.05, 0) is 78.9 Å². The van der Waals surface area contributed by atoms with Crippen LogP contribution in [0.4, 0.5) is 8.78 Å². The van der Waals surface area contributed by atoms with Gasteiger partial charge in [-0.1, -0.05) is 6.07 Å². The molecule has 0 aliphatic carbocycles. The molecule has 2 aromatic carbocycles. The van der Waals surface area contributed by atoms with Crippen molar-refractivity contribution in [3.05, 3.63) is 99.4 Å². The Bertz CT molecular complexity index is 1370. The fourth-order valence-electron chi connectivity index (χ4n) is 5.85. The molecule has 7 heteroatoms. The summed E-state index contributed by atoms with van der Waals surface area (Å²) in [6.45, 7) is 5.22. The zero-order chi connectivity index (χ0) is 24.8. The number of likely N-dealkylation sites (tertiary alicyclic amines) is 1. The van der Waals surface area contributed by atoms with Crippen LogP contribution in [0.5, 0.6) is 0 Å². The molecule has 4 heterocycles. The van der Waals surface area contributed by atoms with E-state index in [1.54, 1.807) is 0 Å². The third kappa shape index (κ3) is 4.44. The first-order valence-corrected chi connectivity index (χ1v) is 12.5. The zero-order valence-electron chi connectivity index (χ0n) is 20.3. The predicted octanol–water partition coefficient (Wildman–Crippen LogP) is 4.57. The Morgan fingerprint density at radius 3 is 2.67 bits per heavy atom. The molecule has 184 valence electrons. The lowest BCUT2D eigenvalue weighted by atomic mass is 9.90. The average molecular weight is 487 g/mol. The highest BCUT2D eigenvalue weighted by atomic mass is 19.1. The Balaban J connectivity index is 1.21. The number of aromatic nitrogens is 1. The number of nitrogens with zero attached hydrogens (tertiary/aromatic N) is 4. The van der Waals surface area contributed by atoms with Gasteiger partial charge in [0.1, 0.15) is 11.6 Å². The number of carbonyl (C=O) groups excluding carboxylic acids is 1. The average Bonchev–Trinajstić information content (AvgIpc) is 3.24. The Morgan fingerprint density at radius 2 is 1.86 bits per heavy atom. The number of amides is 1. The third-order valence-corrected chi connectivity index (χ3v) is 7.51. The molecule has 0 spiro atoms. The SMILES string of the molecule is Cc1cc(C2=NCc3cc4c(cc32)CN([C@@H]2CCCN(Cc3cc(F)cc(F)c3)C2)C(=O)C4)ccn1. The summed E-state index contributed by atoms with van der Waals surface area (Å²) in [5.41, 5.74) is 8.24. The van der Waals surface area contributed by atoms with Crippen LogP contribution in [-0.4, -0.2) is 45.5 Å². The van der Waals surface area contributed by atoms with E-state index in [0.29, 0.717) is 38.2 Å². The maximum atomic E-state index is 13.7. The summed E-state index contributed by atoms with van der Waals surface area (Å²) in [5, 5.41) is 0. The number of piperidine rings is 1. The van der Waals surface area contributed by atoms with Gasteiger partial charge >= 0.3 is 0 Å². The number of hydrogen-bond donors (Lipinski definition) is 0. The number of aliphatic imine (C=N–C) groups is 1. The lowest BCUT2D eigenvalue weighted by Crippen LogP contribution is -2.51. The third-order valence-electron chi connectivity index (χ3n) is 7.51. The van der Waals surface area contributed by atoms with Crippen LogP contribution in [0.15, 0.2) is 53.7 Å². The smallest absolute Gasteiger partial charge is 0.227 e. The van der Waals surface area contributed by atoms with Gasteiger partial charge in [0.2, 0.25) is 5.91 Å². The molecule has 1 fully saturated rings. The second kappa shape index (κ2) is 9.21. The van der Waals surface area contributed by atoms with Gasteiger partial charge in [0, 0.05) is 54.8 Å². The van der Waals surface area contributed by atoms with E-state index in [9.17, 15) is 13.6 Å². The van der Waals surface area contributed by atoms with Gasteiger partial charge in [0.05, 0.1) is 18.7 Å². The van der Waals surface area contributed by atoms with Gasteiger partial charge in [-0.25, -0.2) is 8.78 Å². The Hall–Kier alpha value is -3.45. The van der Waals surface area contributed by atoms with E-state index >= 15 is 0 Å². The highest BCUT2D eigenvalue weighted by Gasteiger charge is 2.33. The summed E-state index contributed by atoms with van der Waals surface area (Å²) < 4.78 is 27.3. The number of fused-ring (bicyclic) bond motifs is 2. The van der Waals surface area contributed by atoms with Crippen molar-refractivity contribution in [3.63, 3.8) is 0 Å². The van der Waals surface area contributed by atoms with Crippen LogP contribution < -0.4 is 0 Å². The van der Waals surface area contributed by atoms with Gasteiger partial charge < -0.3 is 4.90 Å².